The molecule has 7 aromatic heterocycles. The molecule has 434 valence electrons. The summed E-state index contributed by atoms with van der Waals surface area (Å²) < 4.78 is 32.2. The molecule has 1 N–H and O–H groups in total. The van der Waals surface area contributed by atoms with E-state index in [4.69, 9.17) is 28.2 Å². The van der Waals surface area contributed by atoms with Crippen molar-refractivity contribution in [2.45, 2.75) is 51.2 Å². The van der Waals surface area contributed by atoms with Crippen LogP contribution in [-0.2, 0) is 24.3 Å². The second-order valence-corrected chi connectivity index (χ2v) is 21.9. The first-order chi connectivity index (χ1) is 41.2. The second-order valence-electron chi connectivity index (χ2n) is 19.9. The van der Waals surface area contributed by atoms with E-state index in [2.05, 4.69) is 52.1 Å². The molecule has 5 aromatic carbocycles. The Labute approximate surface area is 499 Å². The molecule has 0 aliphatic rings. The molecule has 1 unspecified atom stereocenters. The van der Waals surface area contributed by atoms with Crippen molar-refractivity contribution in [3.8, 4) is 103 Å². The number of aryl methyl sites for hydroxylation is 4. The van der Waals surface area contributed by atoms with Crippen molar-refractivity contribution in [2.75, 3.05) is 20.7 Å². The number of hydrogen-bond donors (Lipinski definition) is 1. The molecular formula is C65H68N14O5S. The molecule has 0 amide bonds. The van der Waals surface area contributed by atoms with Gasteiger partial charge in [0.25, 0.3) is 23.6 Å². The molecule has 7 heterocycles. The zero-order valence-electron chi connectivity index (χ0n) is 48.1. The van der Waals surface area contributed by atoms with Gasteiger partial charge in [0.2, 0.25) is 11.8 Å². The van der Waals surface area contributed by atoms with Crippen molar-refractivity contribution < 1.29 is 28.3 Å². The molecule has 0 aliphatic carbocycles. The topological polar surface area (TPSA) is 240 Å². The van der Waals surface area contributed by atoms with Crippen molar-refractivity contribution in [1.82, 2.24) is 70.0 Å². The molecular weight excluding hydrogens is 1090 g/mol. The van der Waals surface area contributed by atoms with Crippen LogP contribution >= 0.6 is 0 Å². The molecule has 1 atom stereocenters. The van der Waals surface area contributed by atoms with Gasteiger partial charge in [0.1, 0.15) is 22.8 Å². The van der Waals surface area contributed by atoms with Crippen LogP contribution in [0, 0.1) is 20.8 Å². The van der Waals surface area contributed by atoms with Crippen LogP contribution in [0.2, 0.25) is 0 Å². The fraction of sp³-hybridized carbons (Fsp3) is 0.169. The predicted molar refractivity (Wildman–Crippen MR) is 335 cm³/mol. The molecule has 0 saturated carbocycles. The highest BCUT2D eigenvalue weighted by Gasteiger charge is 2.22. The average Bonchev–Trinajstić information content (AvgIpc) is 3.50. The van der Waals surface area contributed by atoms with E-state index in [1.807, 2.05) is 217 Å². The summed E-state index contributed by atoms with van der Waals surface area (Å²) in [5.41, 5.74) is 14.1. The normalized spacial score (nSPS) is 11.4. The minimum absolute atomic E-state index is 0. The summed E-state index contributed by atoms with van der Waals surface area (Å²) in [6, 6.07) is 46.5. The van der Waals surface area contributed by atoms with Crippen LogP contribution in [-0.4, -0.2) is 105 Å². The van der Waals surface area contributed by atoms with Crippen LogP contribution in [0.25, 0.3) is 109 Å². The van der Waals surface area contributed by atoms with Gasteiger partial charge in [-0.05, 0) is 80.8 Å². The third kappa shape index (κ3) is 13.3. The van der Waals surface area contributed by atoms with E-state index in [1.54, 1.807) is 18.6 Å². The third-order valence-electron chi connectivity index (χ3n) is 13.5. The van der Waals surface area contributed by atoms with Crippen LogP contribution in [0.15, 0.2) is 195 Å². The van der Waals surface area contributed by atoms with E-state index in [9.17, 15) is 9.32 Å². The van der Waals surface area contributed by atoms with Crippen molar-refractivity contribution in [3.05, 3.63) is 205 Å². The first-order valence-corrected chi connectivity index (χ1v) is 28.4. The molecule has 85 heavy (non-hydrogen) atoms. The molecule has 0 aliphatic heterocycles. The largest absolute Gasteiger partial charge is 0.415 e. The number of aromatic nitrogens is 13. The van der Waals surface area contributed by atoms with Gasteiger partial charge < -0.3 is 27.8 Å². The Bertz CT molecular complexity index is 4300. The summed E-state index contributed by atoms with van der Waals surface area (Å²) in [5.74, 6) is 2.31. The minimum Gasteiger partial charge on any atom is -0.415 e. The number of aliphatic hydroxyl groups excluding tert-OH is 1. The summed E-state index contributed by atoms with van der Waals surface area (Å²) in [6.07, 6.45) is 7.65. The summed E-state index contributed by atoms with van der Waals surface area (Å²) >= 11 is 0. The van der Waals surface area contributed by atoms with Gasteiger partial charge in [-0.3, -0.25) is 19.2 Å². The highest BCUT2D eigenvalue weighted by Crippen LogP contribution is 2.33. The molecule has 0 saturated heterocycles. The average molecular weight is 1160 g/mol. The van der Waals surface area contributed by atoms with Crippen molar-refractivity contribution in [2.24, 2.45) is 7.05 Å². The van der Waals surface area contributed by atoms with Gasteiger partial charge >= 0.3 is 0 Å². The first-order valence-electron chi connectivity index (χ1n) is 27.2. The maximum Gasteiger partial charge on any atom is 0.268 e. The lowest BCUT2D eigenvalue weighted by molar-refractivity contribution is 0.300. The summed E-state index contributed by atoms with van der Waals surface area (Å²) in [4.78, 5) is 30.3. The molecule has 0 spiro atoms. The van der Waals surface area contributed by atoms with Crippen LogP contribution in [0.1, 0.15) is 47.8 Å². The fourth-order valence-corrected chi connectivity index (χ4v) is 9.91. The van der Waals surface area contributed by atoms with E-state index >= 15 is 0 Å². The van der Waals surface area contributed by atoms with E-state index in [0.29, 0.717) is 81.6 Å². The minimum atomic E-state index is -1.14. The Morgan fingerprint density at radius 2 is 1.00 bits per heavy atom. The van der Waals surface area contributed by atoms with Crippen LogP contribution in [0.5, 0.6) is 0 Å². The Morgan fingerprint density at radius 3 is 1.51 bits per heavy atom. The van der Waals surface area contributed by atoms with Crippen LogP contribution < -0.4 is 0 Å². The summed E-state index contributed by atoms with van der Waals surface area (Å²) in [7, 11) is 4.74. The molecule has 19 nitrogen and oxygen atoms in total. The lowest BCUT2D eigenvalue weighted by Crippen LogP contribution is -2.08. The Kier molecular flexibility index (Phi) is 17.9. The van der Waals surface area contributed by atoms with E-state index in [0.717, 1.165) is 66.6 Å². The Hall–Kier alpha value is -10.3. The highest BCUT2D eigenvalue weighted by atomic mass is 32.2. The molecule has 12 rings (SSSR count). The lowest BCUT2D eigenvalue weighted by atomic mass is 10.0. The maximum atomic E-state index is 12.7. The van der Waals surface area contributed by atoms with E-state index in [1.165, 1.54) is 0 Å². The number of aliphatic hydroxyl groups is 1. The van der Waals surface area contributed by atoms with Gasteiger partial charge in [0, 0.05) is 83.3 Å². The van der Waals surface area contributed by atoms with Gasteiger partial charge in [0.15, 0.2) is 0 Å². The molecule has 0 radical (unpaired) electrons. The second kappa shape index (κ2) is 26.3. The Morgan fingerprint density at radius 1 is 0.553 bits per heavy atom. The maximum absolute atomic E-state index is 12.7. The third-order valence-corrected chi connectivity index (χ3v) is 15.1. The zero-order valence-corrected chi connectivity index (χ0v) is 48.9. The molecule has 0 bridgehead atoms. The summed E-state index contributed by atoms with van der Waals surface area (Å²) in [5, 5.41) is 34.3. The number of benzene rings is 5. The van der Waals surface area contributed by atoms with E-state index in [-0.39, 0.29) is 17.6 Å². The number of nitrogens with zero attached hydrogens (tertiary/aromatic N) is 14. The van der Waals surface area contributed by atoms with Crippen LogP contribution in [0.4, 0.5) is 0 Å². The van der Waals surface area contributed by atoms with Crippen molar-refractivity contribution in [3.63, 3.8) is 0 Å². The molecule has 12 aromatic rings. The van der Waals surface area contributed by atoms with Crippen molar-refractivity contribution in [1.29, 1.82) is 0 Å². The number of rotatable bonds is 15. The van der Waals surface area contributed by atoms with Crippen LogP contribution in [0.3, 0.4) is 0 Å². The lowest BCUT2D eigenvalue weighted by Gasteiger charge is -2.16. The van der Waals surface area contributed by atoms with Gasteiger partial charge in [-0.15, -0.1) is 30.6 Å². The molecule has 0 fully saturated rings. The zero-order chi connectivity index (χ0) is 59.6. The number of hydrogen-bond acceptors (Lipinski definition) is 18. The van der Waals surface area contributed by atoms with Gasteiger partial charge in [-0.25, -0.2) is 15.0 Å². The monoisotopic (exact) mass is 1160 g/mol. The van der Waals surface area contributed by atoms with Gasteiger partial charge in [-0.1, -0.05) is 124 Å². The highest BCUT2D eigenvalue weighted by molar-refractivity contribution is 7.85. The molecule has 20 heteroatoms. The SMILES string of the molecule is C=C(c1ccc(-c2cnc(C)c(-c3nnc(-c4cccn4C)o3)n2)cc1)N(C)C.Cc1ncc(-c2ccccc2CCO)nc1-c1nnc(-c2ccccc2)o1.Cc1ncc(-c2ccccc2S(=O)C(C)C)nc1-c1nnc(-c2ccccc2)o1.[HH].[HH].[HH].[HH]. The van der Waals surface area contributed by atoms with Crippen molar-refractivity contribution >= 4 is 16.5 Å². The smallest absolute Gasteiger partial charge is 0.268 e. The summed E-state index contributed by atoms with van der Waals surface area (Å²) in [6.45, 7) is 13.6. The first kappa shape index (κ1) is 57.9. The fourth-order valence-electron chi connectivity index (χ4n) is 8.80. The quantitative estimate of drug-likeness (QED) is 0.100. The Balaban J connectivity index is 0.000000208. The predicted octanol–water partition coefficient (Wildman–Crippen LogP) is 13.4. The standard InChI is InChI=1S/C22H22N6O.C22H20N4O2S.C21H18N4O2.4H2/c1-14-20(22-26-25-21(29-22)19-7-6-12-28(19)5)24-18(13-23-14)17-10-8-16(9-11-17)15(2)27(3)4;1-14(2)29(27)19-12-8-7-11-17(19)18-13-23-15(3)20(24-18)22-26-25-21(28-22)16-9-5-4-6-10-16;1-14-19(21-25-24-20(27-21)16-8-3-2-4-9-16)23-18(13-22-14)17-10-6-5-7-15(17)11-12-26;;;;/h6-13H,2H2,1,3-5H3;4-14H,1-3H3;2-10,13,26H,11-12H2,1H3;4*1H. The van der Waals surface area contributed by atoms with Gasteiger partial charge in [0.05, 0.1) is 63.6 Å². The van der Waals surface area contributed by atoms with Gasteiger partial charge in [-0.2, -0.15) is 0 Å². The van der Waals surface area contributed by atoms with E-state index < -0.39 is 10.8 Å².